The summed E-state index contributed by atoms with van der Waals surface area (Å²) in [6, 6.07) is 9.76. The molecule has 7 heterocycles. The number of phenolic OH excluding ortho intramolecular Hbond substituents is 1. The average molecular weight is 784 g/mol. The van der Waals surface area contributed by atoms with Crippen LogP contribution in [0.5, 0.6) is 28.7 Å². The molecule has 0 aliphatic carbocycles. The van der Waals surface area contributed by atoms with Gasteiger partial charge in [0.1, 0.15) is 5.75 Å². The number of methoxy groups -OCH3 is 1. The summed E-state index contributed by atoms with van der Waals surface area (Å²) in [6.45, 7) is 7.78. The van der Waals surface area contributed by atoms with Crippen LogP contribution < -0.4 is 81.4 Å². The predicted octanol–water partition coefficient (Wildman–Crippen LogP) is 4.01. The number of anilines is 1. The second-order valence-corrected chi connectivity index (χ2v) is 19.3. The third-order valence-electron chi connectivity index (χ3n) is 11.8. The number of aryl methyl sites for hydroxylation is 2. The number of carbonyl (C=O) groups excluding carboxylic acids is 1. The van der Waals surface area contributed by atoms with Crippen LogP contribution in [0.3, 0.4) is 0 Å². The Bertz CT molecular complexity index is 2130. The monoisotopic (exact) mass is 783 g/mol. The quantitative estimate of drug-likeness (QED) is 0.104. The zero-order valence-electron chi connectivity index (χ0n) is 31.2. The fourth-order valence-corrected chi connectivity index (χ4v) is 15.2. The summed E-state index contributed by atoms with van der Waals surface area (Å²) in [7, 11) is -0.0871. The van der Waals surface area contributed by atoms with Gasteiger partial charge in [0, 0.05) is 87.6 Å². The number of H-pyrrole nitrogens is 1. The SMILES string of the molecule is COc1c(C)ccc(C2NCCN3C4CS5(C)[N-]CCCc6c([nH]c7ccc(N)cc67)C5CSC(c5c(OC(C)=O)c(C)c6c(c54)OCO6)C23)c1O.[K+]. The number of nitrogens with one attached hydrogen (secondary N) is 2. The van der Waals surface area contributed by atoms with E-state index in [4.69, 9.17) is 29.4 Å². The van der Waals surface area contributed by atoms with Crippen LogP contribution in [0, 0.1) is 13.8 Å². The van der Waals surface area contributed by atoms with Crippen molar-refractivity contribution in [1.82, 2.24) is 15.2 Å². The maximum absolute atomic E-state index is 12.9. The number of benzene rings is 3. The first-order valence-corrected chi connectivity index (χ1v) is 21.3. The molecular weight excluding hydrogens is 738 g/mol. The van der Waals surface area contributed by atoms with E-state index in [-0.39, 0.29) is 98.5 Å². The summed E-state index contributed by atoms with van der Waals surface area (Å²) < 4.78 is 30.1. The molecular formula is C39H46KN5O6S2. The van der Waals surface area contributed by atoms with Crippen molar-refractivity contribution >= 4 is 44.5 Å². The van der Waals surface area contributed by atoms with Crippen LogP contribution in [-0.2, 0) is 11.2 Å². The number of nitrogens with zero attached hydrogens (tertiary/aromatic N) is 2. The average Bonchev–Trinajstić information content (AvgIpc) is 3.75. The van der Waals surface area contributed by atoms with E-state index in [0.717, 1.165) is 88.8 Å². The summed E-state index contributed by atoms with van der Waals surface area (Å²) >= 11 is 1.90. The van der Waals surface area contributed by atoms with Gasteiger partial charge >= 0.3 is 57.4 Å². The van der Waals surface area contributed by atoms with Gasteiger partial charge in [0.05, 0.1) is 18.4 Å². The molecule has 2 fully saturated rings. The molecule has 0 amide bonds. The van der Waals surface area contributed by atoms with Gasteiger partial charge in [-0.2, -0.15) is 11.8 Å². The Labute approximate surface area is 358 Å². The van der Waals surface area contributed by atoms with E-state index in [1.165, 1.54) is 23.6 Å². The minimum atomic E-state index is -1.69. The molecule has 14 heteroatoms. The Morgan fingerprint density at radius 3 is 2.75 bits per heavy atom. The number of aromatic amines is 1. The molecule has 6 unspecified atom stereocenters. The van der Waals surface area contributed by atoms with Gasteiger partial charge in [0.2, 0.25) is 6.79 Å². The first kappa shape index (κ1) is 37.8. The number of phenols is 1. The van der Waals surface area contributed by atoms with Gasteiger partial charge in [-0.25, -0.2) is 0 Å². The van der Waals surface area contributed by atoms with Crippen molar-refractivity contribution in [2.45, 2.75) is 62.2 Å². The second kappa shape index (κ2) is 14.4. The van der Waals surface area contributed by atoms with Gasteiger partial charge in [0.25, 0.3) is 0 Å². The summed E-state index contributed by atoms with van der Waals surface area (Å²) in [6.07, 6.45) is 4.32. The number of ether oxygens (including phenoxy) is 4. The third kappa shape index (κ3) is 6.02. The molecule has 0 saturated carbocycles. The number of nitrogens with two attached hydrogens (primary N) is 1. The maximum Gasteiger partial charge on any atom is 1.00 e. The molecule has 6 aliphatic heterocycles. The topological polar surface area (TPSA) is 145 Å². The number of esters is 1. The Kier molecular flexibility index (Phi) is 10.3. The normalized spacial score (nSPS) is 28.7. The minimum absolute atomic E-state index is 0. The standard InChI is InChI=1S/C39H46N5O6S2.K/c1-19-8-10-24(34(46)35(19)47-4)32-33-39-30-29(38-37(48-18-49-38)20(2)36(30)50-21(3)45)27(44(33)14-13-41-32)17-52(5)28(16-51-39)31-23(7-6-12-42-52)25-15-22(40)9-11-26(25)43-31;/h8-11,15,27-28,32-33,39,41,43,46H,6-7,12-14,16-18,40H2,1-5H3;/q-1;+1. The number of hydrogen-bond acceptors (Lipinski definition) is 10. The molecule has 5 N–H and O–H groups in total. The van der Waals surface area contributed by atoms with E-state index in [0.29, 0.717) is 17.2 Å². The summed E-state index contributed by atoms with van der Waals surface area (Å²) in [4.78, 5) is 19.4. The van der Waals surface area contributed by atoms with Crippen molar-refractivity contribution < 1.29 is 80.2 Å². The maximum atomic E-state index is 12.9. The smallest absolute Gasteiger partial charge is 0.619 e. The number of thioether (sulfide) groups is 1. The molecule has 0 spiro atoms. The second-order valence-electron chi connectivity index (χ2n) is 14.8. The predicted molar refractivity (Wildman–Crippen MR) is 208 cm³/mol. The van der Waals surface area contributed by atoms with Gasteiger partial charge in [0.15, 0.2) is 23.0 Å². The van der Waals surface area contributed by atoms with E-state index < -0.39 is 10.2 Å². The van der Waals surface area contributed by atoms with Crippen molar-refractivity contribution in [2.75, 3.05) is 57.0 Å². The third-order valence-corrected chi connectivity index (χ3v) is 16.8. The molecule has 1 aromatic heterocycles. The number of carbonyl (C=O) groups is 1. The molecule has 2 saturated heterocycles. The van der Waals surface area contributed by atoms with Crippen LogP contribution in [0.2, 0.25) is 0 Å². The summed E-state index contributed by atoms with van der Waals surface area (Å²) in [5.74, 6) is 3.81. The summed E-state index contributed by atoms with van der Waals surface area (Å²) in [5, 5.41) is 16.7. The number of hydrogen-bond donors (Lipinski definition) is 4. The molecule has 6 atom stereocenters. The number of piperazine rings is 1. The first-order chi connectivity index (χ1) is 25.1. The molecule has 2 bridgehead atoms. The van der Waals surface area contributed by atoms with Crippen molar-refractivity contribution in [3.05, 3.63) is 74.1 Å². The molecule has 6 aliphatic rings. The number of aromatic nitrogens is 1. The van der Waals surface area contributed by atoms with Crippen molar-refractivity contribution in [3.63, 3.8) is 0 Å². The van der Waals surface area contributed by atoms with Gasteiger partial charge in [-0.15, -0.1) is 6.54 Å². The van der Waals surface area contributed by atoms with Crippen LogP contribution in [0.1, 0.15) is 75.0 Å². The van der Waals surface area contributed by atoms with Gasteiger partial charge in [-0.1, -0.05) is 24.8 Å². The van der Waals surface area contributed by atoms with Crippen LogP contribution in [-0.4, -0.2) is 78.3 Å². The Morgan fingerprint density at radius 2 is 1.96 bits per heavy atom. The zero-order valence-corrected chi connectivity index (χ0v) is 36.0. The van der Waals surface area contributed by atoms with E-state index in [1.807, 2.05) is 43.8 Å². The van der Waals surface area contributed by atoms with E-state index >= 15 is 0 Å². The molecule has 3 aromatic carbocycles. The minimum Gasteiger partial charge on any atom is -0.619 e. The van der Waals surface area contributed by atoms with Crippen molar-refractivity contribution in [3.8, 4) is 28.7 Å². The number of rotatable bonds is 3. The van der Waals surface area contributed by atoms with Crippen LogP contribution in [0.15, 0.2) is 30.3 Å². The summed E-state index contributed by atoms with van der Waals surface area (Å²) in [5.41, 5.74) is 15.3. The number of aromatic hydroxyl groups is 1. The zero-order chi connectivity index (χ0) is 36.1. The van der Waals surface area contributed by atoms with E-state index in [1.54, 1.807) is 7.11 Å². The molecule has 11 nitrogen and oxygen atoms in total. The first-order valence-electron chi connectivity index (χ1n) is 18.0. The fourth-order valence-electron chi connectivity index (χ4n) is 9.52. The number of fused-ring (bicyclic) bond motifs is 5. The fraction of sp³-hybridized carbons (Fsp3) is 0.462. The molecule has 276 valence electrons. The Balaban J connectivity index is 0.00000400. The molecule has 4 aromatic rings. The van der Waals surface area contributed by atoms with Crippen molar-refractivity contribution in [2.24, 2.45) is 0 Å². The molecule has 10 rings (SSSR count). The Hall–Kier alpha value is -2.11. The van der Waals surface area contributed by atoms with Gasteiger partial charge in [-0.3, -0.25) is 9.69 Å². The van der Waals surface area contributed by atoms with Gasteiger partial charge < -0.3 is 55.0 Å². The largest absolute Gasteiger partial charge is 1.00 e. The molecule has 53 heavy (non-hydrogen) atoms. The number of nitrogen functional groups attached to an aromatic ring is 1. The van der Waals surface area contributed by atoms with Crippen LogP contribution in [0.25, 0.3) is 15.6 Å². The van der Waals surface area contributed by atoms with E-state index in [9.17, 15) is 9.90 Å². The van der Waals surface area contributed by atoms with E-state index in [2.05, 4.69) is 33.6 Å². The van der Waals surface area contributed by atoms with Crippen LogP contribution >= 0.6 is 22.0 Å². The van der Waals surface area contributed by atoms with Crippen molar-refractivity contribution in [1.29, 1.82) is 0 Å². The van der Waals surface area contributed by atoms with Crippen LogP contribution in [0.4, 0.5) is 5.69 Å². The molecule has 0 radical (unpaired) electrons. The van der Waals surface area contributed by atoms with Gasteiger partial charge in [-0.05, 0) is 55.3 Å². The Morgan fingerprint density at radius 1 is 1.15 bits per heavy atom.